The van der Waals surface area contributed by atoms with Crippen LogP contribution >= 0.6 is 0 Å². The molecule has 19 heavy (non-hydrogen) atoms. The van der Waals surface area contributed by atoms with Crippen molar-refractivity contribution < 1.29 is 4.79 Å². The van der Waals surface area contributed by atoms with E-state index in [2.05, 4.69) is 11.4 Å². The number of carbonyl (C=O) groups excluding carboxylic acids is 1. The lowest BCUT2D eigenvalue weighted by atomic mass is 9.86. The zero-order valence-corrected chi connectivity index (χ0v) is 11.6. The molecule has 4 nitrogen and oxygen atoms in total. The van der Waals surface area contributed by atoms with Crippen LogP contribution in [0.15, 0.2) is 24.3 Å². The average Bonchev–Trinajstić information content (AvgIpc) is 2.39. The summed E-state index contributed by atoms with van der Waals surface area (Å²) in [6.45, 7) is 4.35. The van der Waals surface area contributed by atoms with Crippen LogP contribution in [0.1, 0.15) is 38.7 Å². The summed E-state index contributed by atoms with van der Waals surface area (Å²) in [6, 6.07) is 9.66. The minimum Gasteiger partial charge on any atom is -0.330 e. The fraction of sp³-hybridized carbons (Fsp3) is 0.467. The van der Waals surface area contributed by atoms with Gasteiger partial charge in [0.1, 0.15) is 0 Å². The van der Waals surface area contributed by atoms with Crippen molar-refractivity contribution >= 4 is 11.6 Å². The van der Waals surface area contributed by atoms with Gasteiger partial charge in [-0.1, -0.05) is 12.1 Å². The Balaban J connectivity index is 2.58. The highest BCUT2D eigenvalue weighted by molar-refractivity contribution is 5.90. The van der Waals surface area contributed by atoms with Crippen LogP contribution in [-0.2, 0) is 10.2 Å². The maximum absolute atomic E-state index is 11.6. The van der Waals surface area contributed by atoms with E-state index in [1.165, 1.54) is 0 Å². The van der Waals surface area contributed by atoms with Crippen molar-refractivity contribution in [1.29, 1.82) is 5.26 Å². The number of amides is 1. The second kappa shape index (κ2) is 6.91. The number of carbonyl (C=O) groups is 1. The molecule has 4 heteroatoms. The fourth-order valence-corrected chi connectivity index (χ4v) is 1.69. The molecular weight excluding hydrogens is 238 g/mol. The molecule has 102 valence electrons. The van der Waals surface area contributed by atoms with Gasteiger partial charge < -0.3 is 11.1 Å². The summed E-state index contributed by atoms with van der Waals surface area (Å²) in [7, 11) is 0. The summed E-state index contributed by atoms with van der Waals surface area (Å²) in [4.78, 5) is 11.6. The van der Waals surface area contributed by atoms with Gasteiger partial charge in [-0.2, -0.15) is 5.26 Å². The van der Waals surface area contributed by atoms with E-state index in [0.717, 1.165) is 24.1 Å². The van der Waals surface area contributed by atoms with Gasteiger partial charge in [0.2, 0.25) is 5.91 Å². The fourth-order valence-electron chi connectivity index (χ4n) is 1.69. The number of hydrogen-bond acceptors (Lipinski definition) is 3. The summed E-state index contributed by atoms with van der Waals surface area (Å²) in [5.41, 5.74) is 6.57. The SMILES string of the molecule is CC(C)(C#N)c1ccc(NC(=O)CCCCN)cc1. The highest BCUT2D eigenvalue weighted by atomic mass is 16.1. The molecule has 3 N–H and O–H groups in total. The standard InChI is InChI=1S/C15H21N3O/c1-15(2,11-17)12-6-8-13(9-7-12)18-14(19)5-3-4-10-16/h6-9H,3-5,10,16H2,1-2H3,(H,18,19). The van der Waals surface area contributed by atoms with Gasteiger partial charge in [0, 0.05) is 12.1 Å². The Morgan fingerprint density at radius 2 is 1.95 bits per heavy atom. The summed E-state index contributed by atoms with van der Waals surface area (Å²) in [6.07, 6.45) is 2.16. The number of unbranched alkanes of at least 4 members (excludes halogenated alkanes) is 1. The van der Waals surface area contributed by atoms with Gasteiger partial charge in [-0.3, -0.25) is 4.79 Å². The Morgan fingerprint density at radius 1 is 1.32 bits per heavy atom. The first-order chi connectivity index (χ1) is 8.99. The van der Waals surface area contributed by atoms with E-state index in [-0.39, 0.29) is 5.91 Å². The quantitative estimate of drug-likeness (QED) is 0.770. The third kappa shape index (κ3) is 4.72. The molecule has 0 atom stereocenters. The number of nitrogens with two attached hydrogens (primary N) is 1. The first-order valence-electron chi connectivity index (χ1n) is 6.51. The molecule has 0 fully saturated rings. The molecule has 1 rings (SSSR count). The number of nitrogens with zero attached hydrogens (tertiary/aromatic N) is 1. The van der Waals surface area contributed by atoms with E-state index in [0.29, 0.717) is 13.0 Å². The molecule has 0 saturated carbocycles. The van der Waals surface area contributed by atoms with Crippen LogP contribution in [0.3, 0.4) is 0 Å². The van der Waals surface area contributed by atoms with Crippen molar-refractivity contribution in [2.45, 2.75) is 38.5 Å². The number of rotatable bonds is 6. The Morgan fingerprint density at radius 3 is 2.47 bits per heavy atom. The first kappa shape index (κ1) is 15.2. The summed E-state index contributed by atoms with van der Waals surface area (Å²) in [5.74, 6) is 0.000688. The van der Waals surface area contributed by atoms with Gasteiger partial charge in [-0.25, -0.2) is 0 Å². The van der Waals surface area contributed by atoms with E-state index in [9.17, 15) is 4.79 Å². The first-order valence-corrected chi connectivity index (χ1v) is 6.51. The van der Waals surface area contributed by atoms with Crippen molar-refractivity contribution in [1.82, 2.24) is 0 Å². The molecular formula is C15H21N3O. The molecule has 0 aliphatic heterocycles. The van der Waals surface area contributed by atoms with E-state index in [4.69, 9.17) is 11.0 Å². The van der Waals surface area contributed by atoms with Gasteiger partial charge in [0.05, 0.1) is 11.5 Å². The topological polar surface area (TPSA) is 78.9 Å². The van der Waals surface area contributed by atoms with Crippen LogP contribution < -0.4 is 11.1 Å². The molecule has 1 amide bonds. The Labute approximate surface area is 114 Å². The van der Waals surface area contributed by atoms with E-state index in [1.54, 1.807) is 0 Å². The third-order valence-electron chi connectivity index (χ3n) is 3.03. The largest absolute Gasteiger partial charge is 0.330 e. The number of hydrogen-bond donors (Lipinski definition) is 2. The smallest absolute Gasteiger partial charge is 0.224 e. The highest BCUT2D eigenvalue weighted by Crippen LogP contribution is 2.23. The van der Waals surface area contributed by atoms with Crippen molar-refractivity contribution in [3.8, 4) is 6.07 Å². The molecule has 0 radical (unpaired) electrons. The van der Waals surface area contributed by atoms with Gasteiger partial charge in [-0.05, 0) is 50.9 Å². The predicted octanol–water partition coefficient (Wildman–Crippen LogP) is 2.56. The molecule has 0 heterocycles. The van der Waals surface area contributed by atoms with Gasteiger partial charge in [0.25, 0.3) is 0 Å². The lowest BCUT2D eigenvalue weighted by Crippen LogP contribution is -2.15. The van der Waals surface area contributed by atoms with Crippen LogP contribution in [0.4, 0.5) is 5.69 Å². The van der Waals surface area contributed by atoms with Crippen molar-refractivity contribution in [2.24, 2.45) is 5.73 Å². The van der Waals surface area contributed by atoms with E-state index < -0.39 is 5.41 Å². The van der Waals surface area contributed by atoms with Crippen LogP contribution in [0.5, 0.6) is 0 Å². The van der Waals surface area contributed by atoms with E-state index in [1.807, 2.05) is 38.1 Å². The van der Waals surface area contributed by atoms with Gasteiger partial charge in [-0.15, -0.1) is 0 Å². The van der Waals surface area contributed by atoms with Crippen molar-refractivity contribution in [3.05, 3.63) is 29.8 Å². The molecule has 1 aromatic carbocycles. The Hall–Kier alpha value is -1.86. The maximum Gasteiger partial charge on any atom is 0.224 e. The molecule has 0 aromatic heterocycles. The number of benzene rings is 1. The summed E-state index contributed by atoms with van der Waals surface area (Å²) in [5, 5.41) is 11.9. The molecule has 1 aromatic rings. The van der Waals surface area contributed by atoms with Crippen LogP contribution in [0, 0.1) is 11.3 Å². The lowest BCUT2D eigenvalue weighted by Gasteiger charge is -2.16. The third-order valence-corrected chi connectivity index (χ3v) is 3.03. The Kier molecular flexibility index (Phi) is 5.53. The van der Waals surface area contributed by atoms with Crippen molar-refractivity contribution in [3.63, 3.8) is 0 Å². The second-order valence-corrected chi connectivity index (χ2v) is 5.11. The summed E-state index contributed by atoms with van der Waals surface area (Å²) >= 11 is 0. The molecule has 0 saturated heterocycles. The predicted molar refractivity (Wildman–Crippen MR) is 76.6 cm³/mol. The molecule has 0 unspecified atom stereocenters. The summed E-state index contributed by atoms with van der Waals surface area (Å²) < 4.78 is 0. The molecule has 0 aliphatic carbocycles. The van der Waals surface area contributed by atoms with E-state index >= 15 is 0 Å². The van der Waals surface area contributed by atoms with Crippen LogP contribution in [-0.4, -0.2) is 12.5 Å². The zero-order valence-electron chi connectivity index (χ0n) is 11.6. The normalized spacial score (nSPS) is 10.8. The molecule has 0 bridgehead atoms. The second-order valence-electron chi connectivity index (χ2n) is 5.11. The highest BCUT2D eigenvalue weighted by Gasteiger charge is 2.19. The van der Waals surface area contributed by atoms with Gasteiger partial charge >= 0.3 is 0 Å². The average molecular weight is 259 g/mol. The van der Waals surface area contributed by atoms with Crippen LogP contribution in [0.2, 0.25) is 0 Å². The zero-order chi connectivity index (χ0) is 14.3. The van der Waals surface area contributed by atoms with Crippen molar-refractivity contribution in [2.75, 3.05) is 11.9 Å². The van der Waals surface area contributed by atoms with Gasteiger partial charge in [0.15, 0.2) is 0 Å². The number of nitriles is 1. The number of nitrogens with one attached hydrogen (secondary N) is 1. The minimum absolute atomic E-state index is 0.000688. The molecule has 0 aliphatic rings. The lowest BCUT2D eigenvalue weighted by molar-refractivity contribution is -0.116. The Bertz CT molecular complexity index is 457. The monoisotopic (exact) mass is 259 g/mol. The maximum atomic E-state index is 11.6. The van der Waals surface area contributed by atoms with Crippen LogP contribution in [0.25, 0.3) is 0 Å². The molecule has 0 spiro atoms. The number of anilines is 1. The minimum atomic E-state index is -0.510.